The number of carboxylic acid groups (broad SMARTS) is 1. The first-order valence-electron chi connectivity index (χ1n) is 6.91. The summed E-state index contributed by atoms with van der Waals surface area (Å²) in [6, 6.07) is 7.31. The number of aliphatic carboxylic acids is 1. The molecule has 0 saturated heterocycles. The third kappa shape index (κ3) is 4.93. The van der Waals surface area contributed by atoms with Crippen molar-refractivity contribution in [1.82, 2.24) is 0 Å². The van der Waals surface area contributed by atoms with Gasteiger partial charge in [-0.2, -0.15) is 0 Å². The molecule has 0 bridgehead atoms. The quantitative estimate of drug-likeness (QED) is 0.774. The van der Waals surface area contributed by atoms with Gasteiger partial charge in [0.25, 0.3) is 0 Å². The SMILES string of the molecule is CS(=O)(=O)Nc1cccc(NC2CCC(C(=O)O)CC2)c1. The van der Waals surface area contributed by atoms with Gasteiger partial charge in [0.05, 0.1) is 17.9 Å². The average molecular weight is 312 g/mol. The van der Waals surface area contributed by atoms with E-state index >= 15 is 0 Å². The minimum Gasteiger partial charge on any atom is -0.481 e. The Morgan fingerprint density at radius 2 is 1.81 bits per heavy atom. The highest BCUT2D eigenvalue weighted by Gasteiger charge is 2.25. The van der Waals surface area contributed by atoms with Gasteiger partial charge in [-0.05, 0) is 43.9 Å². The standard InChI is InChI=1S/C14H20N2O4S/c1-21(19,20)16-13-4-2-3-12(9-13)15-11-7-5-10(6-8-11)14(17)18/h2-4,9-11,15-16H,5-8H2,1H3,(H,17,18). The van der Waals surface area contributed by atoms with Crippen LogP contribution in [0.2, 0.25) is 0 Å². The van der Waals surface area contributed by atoms with Gasteiger partial charge in [0, 0.05) is 11.7 Å². The molecule has 6 nitrogen and oxygen atoms in total. The number of carbonyl (C=O) groups is 1. The summed E-state index contributed by atoms with van der Waals surface area (Å²) in [5.41, 5.74) is 1.35. The minimum atomic E-state index is -3.29. The van der Waals surface area contributed by atoms with Crippen LogP contribution in [-0.2, 0) is 14.8 Å². The Kier molecular flexibility index (Phi) is 4.72. The van der Waals surface area contributed by atoms with Gasteiger partial charge < -0.3 is 10.4 Å². The Labute approximate surface area is 124 Å². The number of benzene rings is 1. The summed E-state index contributed by atoms with van der Waals surface area (Å²) in [7, 11) is -3.29. The van der Waals surface area contributed by atoms with Crippen molar-refractivity contribution in [2.24, 2.45) is 5.92 Å². The molecule has 0 atom stereocenters. The zero-order valence-corrected chi connectivity index (χ0v) is 12.7. The van der Waals surface area contributed by atoms with E-state index in [0.29, 0.717) is 18.5 Å². The first-order valence-corrected chi connectivity index (χ1v) is 8.80. The molecule has 1 aliphatic carbocycles. The summed E-state index contributed by atoms with van der Waals surface area (Å²) in [6.07, 6.45) is 4.07. The molecule has 21 heavy (non-hydrogen) atoms. The topological polar surface area (TPSA) is 95.5 Å². The molecule has 0 heterocycles. The highest BCUT2D eigenvalue weighted by Crippen LogP contribution is 2.27. The number of hydrogen-bond donors (Lipinski definition) is 3. The lowest BCUT2D eigenvalue weighted by Gasteiger charge is -2.27. The molecule has 1 aliphatic rings. The molecule has 1 aromatic carbocycles. The summed E-state index contributed by atoms with van der Waals surface area (Å²) in [6.45, 7) is 0. The number of nitrogens with one attached hydrogen (secondary N) is 2. The number of anilines is 2. The lowest BCUT2D eigenvalue weighted by Crippen LogP contribution is -2.29. The van der Waals surface area contributed by atoms with E-state index in [9.17, 15) is 13.2 Å². The Bertz CT molecular complexity index is 607. The maximum atomic E-state index is 11.2. The van der Waals surface area contributed by atoms with E-state index in [4.69, 9.17) is 5.11 Å². The Hall–Kier alpha value is -1.76. The smallest absolute Gasteiger partial charge is 0.306 e. The molecule has 1 saturated carbocycles. The lowest BCUT2D eigenvalue weighted by molar-refractivity contribution is -0.142. The van der Waals surface area contributed by atoms with Crippen molar-refractivity contribution in [3.63, 3.8) is 0 Å². The van der Waals surface area contributed by atoms with Crippen molar-refractivity contribution in [1.29, 1.82) is 0 Å². The van der Waals surface area contributed by atoms with Crippen LogP contribution in [0, 0.1) is 5.92 Å². The zero-order valence-electron chi connectivity index (χ0n) is 11.9. The zero-order chi connectivity index (χ0) is 15.5. The summed E-state index contributed by atoms with van der Waals surface area (Å²) in [4.78, 5) is 10.9. The van der Waals surface area contributed by atoms with Gasteiger partial charge in [-0.25, -0.2) is 8.42 Å². The van der Waals surface area contributed by atoms with E-state index in [2.05, 4.69) is 10.0 Å². The molecule has 0 aromatic heterocycles. The highest BCUT2D eigenvalue weighted by molar-refractivity contribution is 7.92. The Morgan fingerprint density at radius 3 is 2.38 bits per heavy atom. The molecular weight excluding hydrogens is 292 g/mol. The van der Waals surface area contributed by atoms with Gasteiger partial charge in [0.2, 0.25) is 10.0 Å². The molecule has 2 rings (SSSR count). The predicted molar refractivity (Wildman–Crippen MR) is 81.9 cm³/mol. The maximum absolute atomic E-state index is 11.2. The van der Waals surface area contributed by atoms with Crippen LogP contribution in [0.15, 0.2) is 24.3 Å². The molecule has 0 spiro atoms. The lowest BCUT2D eigenvalue weighted by atomic mass is 9.86. The van der Waals surface area contributed by atoms with E-state index in [1.165, 1.54) is 0 Å². The van der Waals surface area contributed by atoms with Crippen LogP contribution in [0.1, 0.15) is 25.7 Å². The fraction of sp³-hybridized carbons (Fsp3) is 0.500. The second-order valence-electron chi connectivity index (χ2n) is 5.49. The number of carboxylic acids is 1. The normalized spacial score (nSPS) is 22.5. The fourth-order valence-electron chi connectivity index (χ4n) is 2.61. The van der Waals surface area contributed by atoms with Crippen LogP contribution in [0.5, 0.6) is 0 Å². The van der Waals surface area contributed by atoms with Gasteiger partial charge in [-0.1, -0.05) is 6.07 Å². The van der Waals surface area contributed by atoms with Crippen LogP contribution in [0.25, 0.3) is 0 Å². The summed E-state index contributed by atoms with van der Waals surface area (Å²) >= 11 is 0. The van der Waals surface area contributed by atoms with E-state index in [-0.39, 0.29) is 12.0 Å². The molecule has 0 amide bonds. The second-order valence-corrected chi connectivity index (χ2v) is 7.23. The van der Waals surface area contributed by atoms with Crippen molar-refractivity contribution in [2.75, 3.05) is 16.3 Å². The predicted octanol–water partition coefficient (Wildman–Crippen LogP) is 2.11. The third-order valence-electron chi connectivity index (χ3n) is 3.61. The van der Waals surface area contributed by atoms with Crippen LogP contribution in [0.4, 0.5) is 11.4 Å². The van der Waals surface area contributed by atoms with Crippen LogP contribution in [-0.4, -0.2) is 31.8 Å². The van der Waals surface area contributed by atoms with Crippen molar-refractivity contribution < 1.29 is 18.3 Å². The third-order valence-corrected chi connectivity index (χ3v) is 4.22. The maximum Gasteiger partial charge on any atom is 0.306 e. The molecule has 116 valence electrons. The first-order chi connectivity index (χ1) is 9.83. The van der Waals surface area contributed by atoms with E-state index in [1.807, 2.05) is 6.07 Å². The van der Waals surface area contributed by atoms with Gasteiger partial charge in [-0.15, -0.1) is 0 Å². The van der Waals surface area contributed by atoms with Crippen LogP contribution >= 0.6 is 0 Å². The molecule has 1 aromatic rings. The summed E-state index contributed by atoms with van der Waals surface area (Å²) in [5, 5.41) is 12.3. The van der Waals surface area contributed by atoms with Crippen molar-refractivity contribution in [3.8, 4) is 0 Å². The van der Waals surface area contributed by atoms with Gasteiger partial charge >= 0.3 is 5.97 Å². The Balaban J connectivity index is 1.95. The second kappa shape index (κ2) is 6.34. The molecular formula is C14H20N2O4S. The van der Waals surface area contributed by atoms with Gasteiger partial charge in [0.1, 0.15) is 0 Å². The summed E-state index contributed by atoms with van der Waals surface area (Å²) in [5.74, 6) is -0.950. The van der Waals surface area contributed by atoms with E-state index in [0.717, 1.165) is 24.8 Å². The van der Waals surface area contributed by atoms with Gasteiger partial charge in [0.15, 0.2) is 0 Å². The van der Waals surface area contributed by atoms with Crippen molar-refractivity contribution >= 4 is 27.4 Å². The number of sulfonamides is 1. The monoisotopic (exact) mass is 312 g/mol. The molecule has 7 heteroatoms. The number of hydrogen-bond acceptors (Lipinski definition) is 4. The molecule has 0 radical (unpaired) electrons. The van der Waals surface area contributed by atoms with Crippen molar-refractivity contribution in [2.45, 2.75) is 31.7 Å². The number of rotatable bonds is 5. The fourth-order valence-corrected chi connectivity index (χ4v) is 3.16. The average Bonchev–Trinajstić information content (AvgIpc) is 2.37. The van der Waals surface area contributed by atoms with Crippen LogP contribution < -0.4 is 10.0 Å². The minimum absolute atomic E-state index is 0.231. The van der Waals surface area contributed by atoms with Crippen molar-refractivity contribution in [3.05, 3.63) is 24.3 Å². The van der Waals surface area contributed by atoms with Gasteiger partial charge in [-0.3, -0.25) is 9.52 Å². The summed E-state index contributed by atoms with van der Waals surface area (Å²) < 4.78 is 24.9. The van der Waals surface area contributed by atoms with E-state index in [1.54, 1.807) is 18.2 Å². The highest BCUT2D eigenvalue weighted by atomic mass is 32.2. The largest absolute Gasteiger partial charge is 0.481 e. The first kappa shape index (κ1) is 15.6. The molecule has 1 fully saturated rings. The van der Waals surface area contributed by atoms with Crippen LogP contribution in [0.3, 0.4) is 0 Å². The van der Waals surface area contributed by atoms with E-state index < -0.39 is 16.0 Å². The Morgan fingerprint density at radius 1 is 1.19 bits per heavy atom. The molecule has 0 aliphatic heterocycles. The molecule has 3 N–H and O–H groups in total. The molecule has 0 unspecified atom stereocenters.